The molecule has 1 aromatic heterocycles. The van der Waals surface area contributed by atoms with E-state index < -0.39 is 0 Å². The first-order valence-corrected chi connectivity index (χ1v) is 3.10. The summed E-state index contributed by atoms with van der Waals surface area (Å²) in [5, 5.41) is 0. The van der Waals surface area contributed by atoms with Gasteiger partial charge in [-0.15, -0.1) is 0 Å². The van der Waals surface area contributed by atoms with Gasteiger partial charge in [0, 0.05) is 13.3 Å². The van der Waals surface area contributed by atoms with Gasteiger partial charge in [-0.3, -0.25) is 4.98 Å². The van der Waals surface area contributed by atoms with Crippen molar-refractivity contribution in [3.05, 3.63) is 29.1 Å². The van der Waals surface area contributed by atoms with Crippen LogP contribution in [0.5, 0.6) is 0 Å². The first kappa shape index (κ1) is 7.26. The number of rotatable bonds is 0. The molecule has 0 saturated carbocycles. The first-order valence-electron chi connectivity index (χ1n) is 4.10. The average Bonchev–Trinajstić information content (AvgIpc) is 2.04. The van der Waals surface area contributed by atoms with E-state index in [0.717, 1.165) is 5.69 Å². The Labute approximate surface area is 64.5 Å². The quantitative estimate of drug-likeness (QED) is 0.538. The van der Waals surface area contributed by atoms with Crippen molar-refractivity contribution in [2.24, 2.45) is 0 Å². The van der Waals surface area contributed by atoms with Gasteiger partial charge in [-0.2, -0.15) is 0 Å². The van der Waals surface area contributed by atoms with Gasteiger partial charge in [0.25, 0.3) is 0 Å². The molecule has 0 aliphatic rings. The van der Waals surface area contributed by atoms with Gasteiger partial charge in [0.2, 0.25) is 0 Å². The molecule has 0 fully saturated rings. The smallest absolute Gasteiger partial charge is 0.0404 e. The second-order valence-electron chi connectivity index (χ2n) is 2.34. The molecule has 0 saturated heterocycles. The van der Waals surface area contributed by atoms with Crippen molar-refractivity contribution in [1.29, 1.82) is 0 Å². The molecule has 0 aromatic carbocycles. The van der Waals surface area contributed by atoms with Crippen LogP contribution in [-0.2, 0) is 0 Å². The number of aromatic nitrogens is 1. The van der Waals surface area contributed by atoms with Crippen LogP contribution in [0.1, 0.15) is 25.6 Å². The zero-order chi connectivity index (χ0) is 8.85. The van der Waals surface area contributed by atoms with E-state index in [9.17, 15) is 0 Å². The third-order valence-corrected chi connectivity index (χ3v) is 1.73. The Balaban J connectivity index is 0.000000461. The van der Waals surface area contributed by atoms with Crippen molar-refractivity contribution in [2.45, 2.75) is 28.2 Å². The highest BCUT2D eigenvalue weighted by Gasteiger charge is 1.93. The van der Waals surface area contributed by atoms with Gasteiger partial charge >= 0.3 is 0 Å². The summed E-state index contributed by atoms with van der Waals surface area (Å²) in [4.78, 5) is 4.14. The molecule has 1 heterocycles. The molecule has 0 aliphatic carbocycles. The highest BCUT2D eigenvalue weighted by molar-refractivity contribution is 5.25. The van der Waals surface area contributed by atoms with E-state index in [-0.39, 0.29) is 0 Å². The molecule has 1 heteroatoms. The molecule has 0 aliphatic heterocycles. The molecule has 56 valence electrons. The maximum absolute atomic E-state index is 5.75. The zero-order valence-corrected chi connectivity index (χ0v) is 7.10. The molecular formula is C9H15N. The molecule has 0 amide bonds. The van der Waals surface area contributed by atoms with E-state index in [1.165, 1.54) is 18.5 Å². The van der Waals surface area contributed by atoms with Crippen molar-refractivity contribution in [2.75, 3.05) is 0 Å². The van der Waals surface area contributed by atoms with Gasteiger partial charge in [-0.05, 0) is 38.0 Å². The van der Waals surface area contributed by atoms with E-state index in [1.54, 1.807) is 0 Å². The van der Waals surface area contributed by atoms with Crippen molar-refractivity contribution in [3.63, 3.8) is 0 Å². The number of nitrogens with zero attached hydrogens (tertiary/aromatic N) is 1. The van der Waals surface area contributed by atoms with Gasteiger partial charge in [-0.25, -0.2) is 0 Å². The first-order chi connectivity index (χ1) is 5.22. The van der Waals surface area contributed by atoms with Crippen LogP contribution in [0.2, 0.25) is 0 Å². The molecule has 0 spiro atoms. The molecule has 1 rings (SSSR count). The Morgan fingerprint density at radius 2 is 2.00 bits per heavy atom. The lowest BCUT2D eigenvalue weighted by Crippen LogP contribution is -1.87. The van der Waals surface area contributed by atoms with Crippen molar-refractivity contribution >= 4 is 0 Å². The van der Waals surface area contributed by atoms with Crippen LogP contribution in [0.3, 0.4) is 0 Å². The van der Waals surface area contributed by atoms with Crippen LogP contribution in [0.15, 0.2) is 12.3 Å². The van der Waals surface area contributed by atoms with Gasteiger partial charge in [0.1, 0.15) is 0 Å². The van der Waals surface area contributed by atoms with Gasteiger partial charge < -0.3 is 0 Å². The molecule has 0 radical (unpaired) electrons. The highest BCUT2D eigenvalue weighted by Crippen LogP contribution is 2.06. The van der Waals surface area contributed by atoms with E-state index in [2.05, 4.69) is 18.8 Å². The van der Waals surface area contributed by atoms with Crippen molar-refractivity contribution < 1.29 is 1.37 Å². The number of aryl methyl sites for hydroxylation is 2. The molecule has 0 bridgehead atoms. The Bertz CT molecular complexity index is 201. The fourth-order valence-electron chi connectivity index (χ4n) is 0.768. The lowest BCUT2D eigenvalue weighted by molar-refractivity contribution is 1.12. The number of hydrogen-bond donors (Lipinski definition) is 0. The third kappa shape index (κ3) is 1.56. The van der Waals surface area contributed by atoms with E-state index >= 15 is 0 Å². The van der Waals surface area contributed by atoms with Crippen LogP contribution in [0, 0.1) is 20.8 Å². The topological polar surface area (TPSA) is 12.9 Å². The number of hydrogen-bond acceptors (Lipinski definition) is 1. The minimum absolute atomic E-state index is 1.13. The second-order valence-corrected chi connectivity index (χ2v) is 2.34. The van der Waals surface area contributed by atoms with Crippen LogP contribution >= 0.6 is 0 Å². The summed E-state index contributed by atoms with van der Waals surface area (Å²) < 4.78 is 5.75. The molecule has 10 heavy (non-hydrogen) atoms. The molecule has 1 nitrogen and oxygen atoms in total. The predicted molar refractivity (Wildman–Crippen MR) is 45.2 cm³/mol. The van der Waals surface area contributed by atoms with Crippen LogP contribution in [0.4, 0.5) is 0 Å². The second kappa shape index (κ2) is 3.35. The lowest BCUT2D eigenvalue weighted by Gasteiger charge is -1.99. The normalized spacial score (nSPS) is 9.40. The SMILES string of the molecule is Cc1ccnc(C)c1C.[3H]C. The van der Waals surface area contributed by atoms with Gasteiger partial charge in [0.05, 0.1) is 0 Å². The maximum Gasteiger partial charge on any atom is 0.0404 e. The molecule has 0 atom stereocenters. The summed E-state index contributed by atoms with van der Waals surface area (Å²) in [6, 6.07) is 2.03. The summed E-state index contributed by atoms with van der Waals surface area (Å²) in [5.41, 5.74) is 3.76. The van der Waals surface area contributed by atoms with E-state index in [4.69, 9.17) is 1.37 Å². The van der Waals surface area contributed by atoms with Crippen LogP contribution < -0.4 is 0 Å². The standard InChI is InChI=1S/C8H11N.CH4/c1-6-4-5-9-8(3)7(6)2;/h4-5H,1-3H3;1H4/i;1T. The van der Waals surface area contributed by atoms with Crippen LogP contribution in [-0.4, -0.2) is 4.98 Å². The third-order valence-electron chi connectivity index (χ3n) is 1.73. The van der Waals surface area contributed by atoms with Crippen molar-refractivity contribution in [3.8, 4) is 0 Å². The minimum atomic E-state index is 1.13. The number of pyridine rings is 1. The Kier molecular flexibility index (Phi) is 2.43. The molecule has 0 N–H and O–H groups in total. The Morgan fingerprint density at radius 3 is 2.40 bits per heavy atom. The molecule has 1 aromatic rings. The summed E-state index contributed by atoms with van der Waals surface area (Å²) in [6.45, 7) is 6.23. The lowest BCUT2D eigenvalue weighted by atomic mass is 10.1. The Morgan fingerprint density at radius 1 is 1.40 bits per heavy atom. The fourth-order valence-corrected chi connectivity index (χ4v) is 0.768. The monoisotopic (exact) mass is 139 g/mol. The largest absolute Gasteiger partial charge is 0.261 e. The summed E-state index contributed by atoms with van der Waals surface area (Å²) >= 11 is 0. The van der Waals surface area contributed by atoms with E-state index in [1.807, 2.05) is 19.2 Å². The molecule has 0 unspecified atom stereocenters. The minimum Gasteiger partial charge on any atom is -0.261 e. The predicted octanol–water partition coefficient (Wildman–Crippen LogP) is 2.64. The van der Waals surface area contributed by atoms with Gasteiger partial charge in [0.15, 0.2) is 0 Å². The van der Waals surface area contributed by atoms with Gasteiger partial charge in [-0.1, -0.05) is 7.40 Å². The van der Waals surface area contributed by atoms with Crippen molar-refractivity contribution in [1.82, 2.24) is 4.98 Å². The fraction of sp³-hybridized carbons (Fsp3) is 0.444. The summed E-state index contributed by atoms with van der Waals surface area (Å²) in [7, 11) is 1.25. The maximum atomic E-state index is 5.75. The van der Waals surface area contributed by atoms with E-state index in [0.29, 0.717) is 0 Å². The summed E-state index contributed by atoms with van der Waals surface area (Å²) in [5.74, 6) is 0. The summed E-state index contributed by atoms with van der Waals surface area (Å²) in [6.07, 6.45) is 1.84. The van der Waals surface area contributed by atoms with Crippen LogP contribution in [0.25, 0.3) is 0 Å². The highest BCUT2D eigenvalue weighted by atomic mass is 14.7. The molecular weight excluding hydrogens is 122 g/mol. The zero-order valence-electron chi connectivity index (χ0n) is 8.10. The average molecular weight is 139 g/mol. The Hall–Kier alpha value is -0.850.